The first-order valence-corrected chi connectivity index (χ1v) is 5.91. The fourth-order valence-corrected chi connectivity index (χ4v) is 2.03. The highest BCUT2D eigenvalue weighted by molar-refractivity contribution is 5.09. The predicted octanol–water partition coefficient (Wildman–Crippen LogP) is 1.45. The average Bonchev–Trinajstić information content (AvgIpc) is 2.95. The van der Waals surface area contributed by atoms with Gasteiger partial charge < -0.3 is 19.6 Å². The molecule has 0 aliphatic heterocycles. The molecule has 2 N–H and O–H groups in total. The Kier molecular flexibility index (Phi) is 4.36. The zero-order valence-corrected chi connectivity index (χ0v) is 10.1. The molecule has 0 spiro atoms. The van der Waals surface area contributed by atoms with Crippen molar-refractivity contribution in [3.05, 3.63) is 35.8 Å². The van der Waals surface area contributed by atoms with Gasteiger partial charge in [0.15, 0.2) is 0 Å². The fourth-order valence-electron chi connectivity index (χ4n) is 2.03. The highest BCUT2D eigenvalue weighted by Crippen LogP contribution is 2.17. The van der Waals surface area contributed by atoms with Gasteiger partial charge in [0.05, 0.1) is 6.54 Å². The van der Waals surface area contributed by atoms with Crippen LogP contribution in [0.5, 0.6) is 0 Å². The van der Waals surface area contributed by atoms with Crippen molar-refractivity contribution in [3.8, 4) is 0 Å². The number of hydrogen-bond donors (Lipinski definition) is 2. The maximum atomic E-state index is 9.02. The molecule has 1 heterocycles. The van der Waals surface area contributed by atoms with Gasteiger partial charge in [0.1, 0.15) is 18.1 Å². The summed E-state index contributed by atoms with van der Waals surface area (Å²) in [6.45, 7) is 1.44. The molecule has 0 unspecified atom stereocenters. The summed E-state index contributed by atoms with van der Waals surface area (Å²) in [5.41, 5.74) is 0. The van der Waals surface area contributed by atoms with E-state index in [1.165, 1.54) is 0 Å². The Bertz CT molecular complexity index is 372. The van der Waals surface area contributed by atoms with Gasteiger partial charge in [0.2, 0.25) is 0 Å². The van der Waals surface area contributed by atoms with Crippen molar-refractivity contribution >= 4 is 0 Å². The molecule has 0 amide bonds. The van der Waals surface area contributed by atoms with Crippen LogP contribution in [-0.4, -0.2) is 24.9 Å². The molecule has 0 bridgehead atoms. The lowest BCUT2D eigenvalue weighted by Crippen LogP contribution is -2.25. The van der Waals surface area contributed by atoms with Crippen molar-refractivity contribution in [2.24, 2.45) is 5.92 Å². The lowest BCUT2D eigenvalue weighted by molar-refractivity contribution is 0.162. The highest BCUT2D eigenvalue weighted by atomic mass is 16.5. The molecule has 17 heavy (non-hydrogen) atoms. The lowest BCUT2D eigenvalue weighted by atomic mass is 10.1. The highest BCUT2D eigenvalue weighted by Gasteiger charge is 2.17. The second kappa shape index (κ2) is 6.00. The summed E-state index contributed by atoms with van der Waals surface area (Å²) in [4.78, 5) is 0. The fraction of sp³-hybridized carbons (Fsp3) is 0.538. The van der Waals surface area contributed by atoms with Gasteiger partial charge in [-0.1, -0.05) is 12.2 Å². The quantitative estimate of drug-likeness (QED) is 0.735. The van der Waals surface area contributed by atoms with Crippen LogP contribution in [0.25, 0.3) is 0 Å². The second-order valence-corrected chi connectivity index (χ2v) is 4.35. The van der Waals surface area contributed by atoms with Crippen LogP contribution in [0.4, 0.5) is 0 Å². The van der Waals surface area contributed by atoms with Gasteiger partial charge in [0, 0.05) is 25.7 Å². The molecular formula is C13H19NO3. The maximum Gasteiger partial charge on any atom is 0.129 e. The normalized spacial score (nSPS) is 23.4. The van der Waals surface area contributed by atoms with Gasteiger partial charge in [-0.25, -0.2) is 0 Å². The number of aliphatic hydroxyl groups excluding tert-OH is 1. The third-order valence-corrected chi connectivity index (χ3v) is 2.95. The molecule has 2 rings (SSSR count). The average molecular weight is 237 g/mol. The molecule has 4 nitrogen and oxygen atoms in total. The van der Waals surface area contributed by atoms with Gasteiger partial charge >= 0.3 is 0 Å². The molecule has 0 radical (unpaired) electrons. The van der Waals surface area contributed by atoms with E-state index in [-0.39, 0.29) is 6.61 Å². The first kappa shape index (κ1) is 12.4. The van der Waals surface area contributed by atoms with Crippen LogP contribution in [-0.2, 0) is 17.9 Å². The van der Waals surface area contributed by atoms with Crippen molar-refractivity contribution in [1.82, 2.24) is 5.32 Å². The summed E-state index contributed by atoms with van der Waals surface area (Å²) in [5.74, 6) is 2.06. The number of methoxy groups -OCH3 is 1. The van der Waals surface area contributed by atoms with Gasteiger partial charge in [-0.05, 0) is 18.6 Å². The molecule has 2 atom stereocenters. The van der Waals surface area contributed by atoms with Crippen LogP contribution in [0, 0.1) is 5.92 Å². The van der Waals surface area contributed by atoms with Crippen LogP contribution in [0.1, 0.15) is 17.9 Å². The van der Waals surface area contributed by atoms with Crippen LogP contribution in [0.15, 0.2) is 28.7 Å². The topological polar surface area (TPSA) is 54.6 Å². The first-order valence-electron chi connectivity index (χ1n) is 5.91. The molecule has 0 saturated heterocycles. The molecule has 1 aliphatic rings. The van der Waals surface area contributed by atoms with Crippen molar-refractivity contribution in [2.75, 3.05) is 13.7 Å². The molecular weight excluding hydrogens is 218 g/mol. The van der Waals surface area contributed by atoms with E-state index in [1.807, 2.05) is 12.1 Å². The van der Waals surface area contributed by atoms with E-state index in [2.05, 4.69) is 17.5 Å². The number of aliphatic hydroxyl groups is 1. The molecule has 1 aromatic rings. The van der Waals surface area contributed by atoms with Crippen LogP contribution in [0.2, 0.25) is 0 Å². The summed E-state index contributed by atoms with van der Waals surface area (Å²) >= 11 is 0. The number of hydrogen-bond acceptors (Lipinski definition) is 4. The standard InChI is InChI=1S/C13H19NO3/c1-16-9-13-5-4-12(17-13)7-14-11-3-2-10(6-11)8-15/h2-5,10-11,14-15H,6-9H2,1H3/t10-,11+/m0/s1. The third kappa shape index (κ3) is 3.43. The first-order chi connectivity index (χ1) is 8.31. The Morgan fingerprint density at radius 3 is 2.94 bits per heavy atom. The Labute approximate surface area is 101 Å². The largest absolute Gasteiger partial charge is 0.462 e. The number of rotatable bonds is 6. The maximum absolute atomic E-state index is 9.02. The zero-order valence-electron chi connectivity index (χ0n) is 10.1. The van der Waals surface area contributed by atoms with Crippen molar-refractivity contribution in [1.29, 1.82) is 0 Å². The van der Waals surface area contributed by atoms with Crippen LogP contribution < -0.4 is 5.32 Å². The molecule has 0 aromatic carbocycles. The molecule has 1 aromatic heterocycles. The van der Waals surface area contributed by atoms with Crippen LogP contribution in [0.3, 0.4) is 0 Å². The molecule has 0 fully saturated rings. The van der Waals surface area contributed by atoms with E-state index in [1.54, 1.807) is 7.11 Å². The van der Waals surface area contributed by atoms with E-state index >= 15 is 0 Å². The summed E-state index contributed by atoms with van der Waals surface area (Å²) in [6.07, 6.45) is 5.14. The molecule has 0 saturated carbocycles. The van der Waals surface area contributed by atoms with Gasteiger partial charge in [-0.3, -0.25) is 0 Å². The summed E-state index contributed by atoms with van der Waals surface area (Å²) in [7, 11) is 1.65. The minimum absolute atomic E-state index is 0.230. The van der Waals surface area contributed by atoms with E-state index in [9.17, 15) is 0 Å². The Morgan fingerprint density at radius 2 is 2.24 bits per heavy atom. The molecule has 1 aliphatic carbocycles. The number of furan rings is 1. The minimum Gasteiger partial charge on any atom is -0.462 e. The van der Waals surface area contributed by atoms with Crippen LogP contribution >= 0.6 is 0 Å². The van der Waals surface area contributed by atoms with E-state index < -0.39 is 0 Å². The minimum atomic E-state index is 0.230. The molecule has 94 valence electrons. The summed E-state index contributed by atoms with van der Waals surface area (Å²) < 4.78 is 10.6. The summed E-state index contributed by atoms with van der Waals surface area (Å²) in [5, 5.41) is 12.4. The Balaban J connectivity index is 1.76. The smallest absolute Gasteiger partial charge is 0.129 e. The van der Waals surface area contributed by atoms with Crippen molar-refractivity contribution < 1.29 is 14.3 Å². The predicted molar refractivity (Wildman–Crippen MR) is 64.4 cm³/mol. The van der Waals surface area contributed by atoms with E-state index in [0.717, 1.165) is 17.9 Å². The monoisotopic (exact) mass is 237 g/mol. The zero-order chi connectivity index (χ0) is 12.1. The van der Waals surface area contributed by atoms with Crippen molar-refractivity contribution in [3.63, 3.8) is 0 Å². The number of ether oxygens (including phenoxy) is 1. The van der Waals surface area contributed by atoms with E-state index in [4.69, 9.17) is 14.3 Å². The lowest BCUT2D eigenvalue weighted by Gasteiger charge is -2.11. The summed E-state index contributed by atoms with van der Waals surface area (Å²) in [6, 6.07) is 4.23. The van der Waals surface area contributed by atoms with E-state index in [0.29, 0.717) is 25.1 Å². The Hall–Kier alpha value is -1.10. The third-order valence-electron chi connectivity index (χ3n) is 2.95. The van der Waals surface area contributed by atoms with Gasteiger partial charge in [0.25, 0.3) is 0 Å². The second-order valence-electron chi connectivity index (χ2n) is 4.35. The molecule has 4 heteroatoms. The van der Waals surface area contributed by atoms with Gasteiger partial charge in [-0.2, -0.15) is 0 Å². The van der Waals surface area contributed by atoms with Crippen molar-refractivity contribution in [2.45, 2.75) is 25.6 Å². The van der Waals surface area contributed by atoms with Gasteiger partial charge in [-0.15, -0.1) is 0 Å². The Morgan fingerprint density at radius 1 is 1.41 bits per heavy atom. The SMILES string of the molecule is COCc1ccc(CN[C@@H]2C=C[C@H](CO)C2)o1. The number of nitrogens with one attached hydrogen (secondary N) is 1.